The van der Waals surface area contributed by atoms with Gasteiger partial charge in [0.15, 0.2) is 28.9 Å². The van der Waals surface area contributed by atoms with Crippen molar-refractivity contribution >= 4 is 54.5 Å². The Morgan fingerprint density at radius 3 is 2.77 bits per heavy atom. The lowest BCUT2D eigenvalue weighted by atomic mass is 10.0. The van der Waals surface area contributed by atoms with Crippen LogP contribution in [0.1, 0.15) is 24.5 Å². The summed E-state index contributed by atoms with van der Waals surface area (Å²) in [6, 6.07) is -0.890. The number of nitrogen functional groups attached to an aromatic ring is 1. The predicted octanol–water partition coefficient (Wildman–Crippen LogP) is -1.03. The number of H-pyrrole nitrogens is 1. The maximum absolute atomic E-state index is 13.5. The van der Waals surface area contributed by atoms with E-state index in [1.54, 1.807) is 6.92 Å². The lowest BCUT2D eigenvalue weighted by Gasteiger charge is -2.35. The second-order valence-electron chi connectivity index (χ2n) is 12.4. The molecule has 4 aromatic rings. The van der Waals surface area contributed by atoms with Crippen molar-refractivity contribution in [2.75, 3.05) is 25.6 Å². The summed E-state index contributed by atoms with van der Waals surface area (Å²) in [5.41, 5.74) is 3.47. The summed E-state index contributed by atoms with van der Waals surface area (Å²) >= 11 is 5.45. The summed E-state index contributed by atoms with van der Waals surface area (Å²) in [5.74, 6) is -0.0296. The topological polar surface area (TPSA) is 279 Å². The number of aromatic amines is 1. The van der Waals surface area contributed by atoms with Gasteiger partial charge in [0, 0.05) is 5.41 Å². The normalized spacial score (nSPS) is 42.9. The van der Waals surface area contributed by atoms with E-state index < -0.39 is 80.3 Å². The molecule has 11 atom stereocenters. The number of rotatable bonds is 2. The number of aryl methyl sites for hydroxylation is 1. The first kappa shape index (κ1) is 30.2. The van der Waals surface area contributed by atoms with Crippen molar-refractivity contribution in [3.8, 4) is 0 Å². The quantitative estimate of drug-likeness (QED) is 0.155. The standard InChI is InChI=1S/C23H26N10O11P2S/c1-8-28-19-11(20(35)29-8)30-31-33(19)12-9-2-22(9)3-41-46(38,47)44-16-14-21(32-7-27-10-17(24)25-6-26-18(10)32)42-23(16,4-39-14)5-40-45(36,37)43-15(22)13(12)34/h6-7,9,12-16,21,34H,2-5H2,1H3,(H,36,37)(H,38,47)(H2,24,25,26)(H,28,29,35)/t9-,12-,13+,14-,15+,16+,21-,22-,23-,46?/m1/s1. The minimum Gasteiger partial charge on any atom is -0.388 e. The SMILES string of the molecule is Cc1nc2c(nnn2[C@H]2[C@H](O)[C@@H]3OP(=O)(O)OC[C@@]45CO[C@@H]([C@H](n6cnc7c(N)ncnc76)O4)[C@@H]5OP(O)(=S)OC[C@@]34C[C@H]24)c(=O)[nH]1. The minimum atomic E-state index is -4.93. The molecule has 24 heteroatoms. The Kier molecular flexibility index (Phi) is 6.34. The van der Waals surface area contributed by atoms with Crippen molar-refractivity contribution in [2.45, 2.75) is 55.6 Å². The number of nitrogens with two attached hydrogens (primary N) is 1. The Morgan fingerprint density at radius 2 is 1.94 bits per heavy atom. The third-order valence-corrected chi connectivity index (χ3v) is 12.1. The Labute approximate surface area is 267 Å². The van der Waals surface area contributed by atoms with Crippen molar-refractivity contribution in [3.05, 3.63) is 28.8 Å². The summed E-state index contributed by atoms with van der Waals surface area (Å²) in [6.07, 6.45) is -2.82. The highest BCUT2D eigenvalue weighted by molar-refractivity contribution is 8.07. The number of nitrogens with zero attached hydrogens (tertiary/aromatic N) is 8. The second-order valence-corrected chi connectivity index (χ2v) is 16.5. The number of ether oxygens (including phenoxy) is 2. The smallest absolute Gasteiger partial charge is 0.388 e. The predicted molar refractivity (Wildman–Crippen MR) is 157 cm³/mol. The van der Waals surface area contributed by atoms with Crippen LogP contribution in [0.5, 0.6) is 0 Å². The molecule has 1 spiro atoms. The van der Waals surface area contributed by atoms with Crippen LogP contribution in [0.4, 0.5) is 5.82 Å². The van der Waals surface area contributed by atoms with E-state index in [1.807, 2.05) is 0 Å². The van der Waals surface area contributed by atoms with Crippen LogP contribution in [-0.4, -0.2) is 109 Å². The van der Waals surface area contributed by atoms with Gasteiger partial charge in [-0.15, -0.1) is 5.10 Å². The molecule has 2 aliphatic carbocycles. The van der Waals surface area contributed by atoms with E-state index in [2.05, 4.69) is 35.2 Å². The number of phosphoric ester groups is 1. The van der Waals surface area contributed by atoms with Gasteiger partial charge in [0.1, 0.15) is 47.7 Å². The largest absolute Gasteiger partial charge is 0.472 e. The van der Waals surface area contributed by atoms with Crippen LogP contribution < -0.4 is 11.3 Å². The molecule has 9 rings (SSSR count). The van der Waals surface area contributed by atoms with Crippen LogP contribution in [0.15, 0.2) is 17.4 Å². The molecule has 5 fully saturated rings. The molecule has 2 unspecified atom stereocenters. The van der Waals surface area contributed by atoms with Gasteiger partial charge in [0.05, 0.1) is 32.2 Å². The molecule has 250 valence electrons. The van der Waals surface area contributed by atoms with E-state index in [1.165, 1.54) is 21.9 Å². The molecule has 3 aliphatic heterocycles. The first-order chi connectivity index (χ1) is 22.3. The Hall–Kier alpha value is -2.85. The van der Waals surface area contributed by atoms with E-state index in [9.17, 15) is 24.3 Å². The van der Waals surface area contributed by atoms with Crippen molar-refractivity contribution in [1.82, 2.24) is 44.5 Å². The van der Waals surface area contributed by atoms with Gasteiger partial charge in [-0.3, -0.25) is 22.9 Å². The zero-order chi connectivity index (χ0) is 32.7. The van der Waals surface area contributed by atoms with E-state index in [0.717, 1.165) is 0 Å². The maximum Gasteiger partial charge on any atom is 0.472 e. The number of phosphoric acid groups is 1. The fourth-order valence-electron chi connectivity index (χ4n) is 7.45. The molecular weight excluding hydrogens is 686 g/mol. The van der Waals surface area contributed by atoms with Gasteiger partial charge < -0.3 is 39.6 Å². The van der Waals surface area contributed by atoms with Gasteiger partial charge in [-0.2, -0.15) is 0 Å². The fraction of sp³-hybridized carbons (Fsp3) is 0.609. The van der Waals surface area contributed by atoms with E-state index >= 15 is 0 Å². The van der Waals surface area contributed by atoms with Crippen molar-refractivity contribution in [2.24, 2.45) is 11.3 Å². The van der Waals surface area contributed by atoms with Crippen LogP contribution >= 0.6 is 14.5 Å². The van der Waals surface area contributed by atoms with E-state index in [-0.39, 0.29) is 30.2 Å². The molecule has 0 amide bonds. The fourth-order valence-corrected chi connectivity index (χ4v) is 10.0. The molecule has 4 aromatic heterocycles. The molecule has 7 heterocycles. The Bertz CT molecular complexity index is 2130. The van der Waals surface area contributed by atoms with Gasteiger partial charge in [-0.05, 0) is 31.1 Å². The van der Waals surface area contributed by atoms with Crippen LogP contribution in [0.3, 0.4) is 0 Å². The molecule has 0 radical (unpaired) electrons. The number of hydrogen-bond acceptors (Lipinski definition) is 17. The molecule has 5 aliphatic rings. The maximum atomic E-state index is 13.5. The number of nitrogens with one attached hydrogen (secondary N) is 1. The van der Waals surface area contributed by atoms with Crippen molar-refractivity contribution < 1.29 is 47.0 Å². The number of imidazole rings is 1. The summed E-state index contributed by atoms with van der Waals surface area (Å²) in [5, 5.41) is 19.6. The first-order valence-electron chi connectivity index (χ1n) is 14.4. The number of anilines is 1. The summed E-state index contributed by atoms with van der Waals surface area (Å²) in [6.45, 7) is -3.57. The summed E-state index contributed by atoms with van der Waals surface area (Å²) in [7, 11) is -4.93. The molecule has 2 bridgehead atoms. The molecule has 0 aromatic carbocycles. The third kappa shape index (κ3) is 4.38. The van der Waals surface area contributed by atoms with Gasteiger partial charge in [-0.25, -0.2) is 29.2 Å². The van der Waals surface area contributed by atoms with Crippen LogP contribution in [0.25, 0.3) is 22.3 Å². The van der Waals surface area contributed by atoms with E-state index in [4.69, 9.17) is 45.1 Å². The molecule has 2 saturated carbocycles. The molecule has 3 saturated heterocycles. The zero-order valence-electron chi connectivity index (χ0n) is 24.1. The number of hydrogen-bond donors (Lipinski definition) is 5. The highest BCUT2D eigenvalue weighted by Crippen LogP contribution is 2.72. The number of aliphatic hydroxyl groups excluding tert-OH is 1. The minimum absolute atomic E-state index is 0.0445. The highest BCUT2D eigenvalue weighted by atomic mass is 32.5. The van der Waals surface area contributed by atoms with Crippen LogP contribution in [0.2, 0.25) is 0 Å². The lowest BCUT2D eigenvalue weighted by Crippen LogP contribution is -2.46. The van der Waals surface area contributed by atoms with Gasteiger partial charge >= 0.3 is 14.5 Å². The third-order valence-electron chi connectivity index (χ3n) is 9.65. The number of aromatic nitrogens is 9. The zero-order valence-corrected chi connectivity index (χ0v) is 26.7. The molecular formula is C23H26N10O11P2S. The molecule has 47 heavy (non-hydrogen) atoms. The lowest BCUT2D eigenvalue weighted by molar-refractivity contribution is -0.184. The summed E-state index contributed by atoms with van der Waals surface area (Å²) < 4.78 is 51.9. The Morgan fingerprint density at radius 1 is 1.11 bits per heavy atom. The van der Waals surface area contributed by atoms with Crippen LogP contribution in [0, 0.1) is 18.3 Å². The Balaban J connectivity index is 1.05. The number of aliphatic hydroxyl groups is 1. The van der Waals surface area contributed by atoms with Gasteiger partial charge in [0.2, 0.25) is 0 Å². The van der Waals surface area contributed by atoms with E-state index in [0.29, 0.717) is 23.4 Å². The molecule has 6 N–H and O–H groups in total. The number of fused-ring (bicyclic) bond motifs is 2. The van der Waals surface area contributed by atoms with Crippen LogP contribution in [-0.2, 0) is 43.9 Å². The van der Waals surface area contributed by atoms with Gasteiger partial charge in [-0.1, -0.05) is 5.21 Å². The molecule has 21 nitrogen and oxygen atoms in total. The van der Waals surface area contributed by atoms with Crippen molar-refractivity contribution in [1.29, 1.82) is 0 Å². The highest BCUT2D eigenvalue weighted by Gasteiger charge is 2.75. The van der Waals surface area contributed by atoms with Gasteiger partial charge in [0.25, 0.3) is 5.56 Å². The monoisotopic (exact) mass is 712 g/mol. The van der Waals surface area contributed by atoms with Crippen molar-refractivity contribution in [3.63, 3.8) is 0 Å². The average Bonchev–Trinajstić information content (AvgIpc) is 3.43. The summed E-state index contributed by atoms with van der Waals surface area (Å²) in [4.78, 5) is 54.1. The second kappa shape index (κ2) is 9.87. The average molecular weight is 713 g/mol. The first-order valence-corrected chi connectivity index (χ1v) is 18.4.